The molecule has 0 aliphatic carbocycles. The minimum Gasteiger partial charge on any atom is -0.322 e. The SMILES string of the molecule is O=C(Cn1c(SCc2ccc(F)cc2)nc2cccnc21)Nc1ccccc1F. The second kappa shape index (κ2) is 8.40. The summed E-state index contributed by atoms with van der Waals surface area (Å²) in [4.78, 5) is 21.4. The summed E-state index contributed by atoms with van der Waals surface area (Å²) in [6, 6.07) is 15.8. The Morgan fingerprint density at radius 3 is 2.62 bits per heavy atom. The minimum atomic E-state index is -0.500. The van der Waals surface area contributed by atoms with Crippen LogP contribution in [0, 0.1) is 11.6 Å². The van der Waals surface area contributed by atoms with Gasteiger partial charge in [0.25, 0.3) is 0 Å². The molecule has 0 saturated heterocycles. The summed E-state index contributed by atoms with van der Waals surface area (Å²) < 4.78 is 28.6. The molecule has 0 fully saturated rings. The molecule has 4 rings (SSSR count). The predicted octanol–water partition coefficient (Wildman–Crippen LogP) is 4.64. The van der Waals surface area contributed by atoms with E-state index in [1.54, 1.807) is 41.1 Å². The van der Waals surface area contributed by atoms with Gasteiger partial charge < -0.3 is 5.32 Å². The summed E-state index contributed by atoms with van der Waals surface area (Å²) in [5, 5.41) is 3.18. The fraction of sp³-hybridized carbons (Fsp3) is 0.0952. The maximum Gasteiger partial charge on any atom is 0.244 e. The Balaban J connectivity index is 1.57. The highest BCUT2D eigenvalue weighted by Crippen LogP contribution is 2.26. The van der Waals surface area contributed by atoms with Gasteiger partial charge in [-0.15, -0.1) is 0 Å². The van der Waals surface area contributed by atoms with Gasteiger partial charge in [-0.3, -0.25) is 9.36 Å². The average molecular weight is 410 g/mol. The van der Waals surface area contributed by atoms with E-state index in [0.717, 1.165) is 5.56 Å². The van der Waals surface area contributed by atoms with Crippen molar-refractivity contribution in [1.82, 2.24) is 14.5 Å². The van der Waals surface area contributed by atoms with E-state index < -0.39 is 5.82 Å². The molecule has 146 valence electrons. The van der Waals surface area contributed by atoms with Crippen molar-refractivity contribution < 1.29 is 13.6 Å². The van der Waals surface area contributed by atoms with E-state index in [1.165, 1.54) is 36.0 Å². The number of anilines is 1. The molecule has 1 amide bonds. The molecule has 0 radical (unpaired) electrons. The van der Waals surface area contributed by atoms with Crippen LogP contribution in [0.15, 0.2) is 72.0 Å². The third-order valence-corrected chi connectivity index (χ3v) is 5.25. The zero-order valence-electron chi connectivity index (χ0n) is 15.2. The number of nitrogens with one attached hydrogen (secondary N) is 1. The normalized spacial score (nSPS) is 11.0. The Hall–Kier alpha value is -3.26. The van der Waals surface area contributed by atoms with Crippen LogP contribution in [0.5, 0.6) is 0 Å². The number of amides is 1. The number of thioether (sulfide) groups is 1. The van der Waals surface area contributed by atoms with E-state index in [1.807, 2.05) is 6.07 Å². The lowest BCUT2D eigenvalue weighted by molar-refractivity contribution is -0.116. The van der Waals surface area contributed by atoms with E-state index in [-0.39, 0.29) is 24.0 Å². The van der Waals surface area contributed by atoms with Gasteiger partial charge in [-0.25, -0.2) is 18.7 Å². The molecule has 8 heteroatoms. The van der Waals surface area contributed by atoms with Crippen molar-refractivity contribution in [2.75, 3.05) is 5.32 Å². The van der Waals surface area contributed by atoms with Crippen LogP contribution in [-0.4, -0.2) is 20.4 Å². The number of carbonyl (C=O) groups excluding carboxylic acids is 1. The van der Waals surface area contributed by atoms with E-state index in [9.17, 15) is 13.6 Å². The fourth-order valence-corrected chi connectivity index (χ4v) is 3.77. The molecule has 2 aromatic carbocycles. The minimum absolute atomic E-state index is 0.0619. The molecule has 0 aliphatic rings. The summed E-state index contributed by atoms with van der Waals surface area (Å²) in [7, 11) is 0. The van der Waals surface area contributed by atoms with Gasteiger partial charge in [0.2, 0.25) is 5.91 Å². The van der Waals surface area contributed by atoms with Crippen LogP contribution in [0.1, 0.15) is 5.56 Å². The van der Waals surface area contributed by atoms with Gasteiger partial charge >= 0.3 is 0 Å². The fourth-order valence-electron chi connectivity index (χ4n) is 2.81. The lowest BCUT2D eigenvalue weighted by atomic mass is 10.2. The number of rotatable bonds is 6. The number of para-hydroxylation sites is 1. The first-order valence-electron chi connectivity index (χ1n) is 8.83. The Kier molecular flexibility index (Phi) is 5.53. The first kappa shape index (κ1) is 19.1. The van der Waals surface area contributed by atoms with Crippen LogP contribution in [-0.2, 0) is 17.1 Å². The zero-order valence-corrected chi connectivity index (χ0v) is 16.0. The van der Waals surface area contributed by atoms with Gasteiger partial charge in [0.15, 0.2) is 10.8 Å². The van der Waals surface area contributed by atoms with Crippen LogP contribution >= 0.6 is 11.8 Å². The summed E-state index contributed by atoms with van der Waals surface area (Å²) in [5.41, 5.74) is 2.28. The number of aromatic nitrogens is 3. The highest BCUT2D eigenvalue weighted by atomic mass is 32.2. The zero-order chi connectivity index (χ0) is 20.2. The topological polar surface area (TPSA) is 59.8 Å². The number of hydrogen-bond acceptors (Lipinski definition) is 4. The smallest absolute Gasteiger partial charge is 0.244 e. The van der Waals surface area contributed by atoms with Crippen molar-refractivity contribution in [3.05, 3.63) is 84.1 Å². The molecule has 29 heavy (non-hydrogen) atoms. The molecule has 0 unspecified atom stereocenters. The number of nitrogens with zero attached hydrogens (tertiary/aromatic N) is 3. The molecule has 0 spiro atoms. The van der Waals surface area contributed by atoms with Crippen molar-refractivity contribution in [3.8, 4) is 0 Å². The number of fused-ring (bicyclic) bond motifs is 1. The van der Waals surface area contributed by atoms with E-state index in [0.29, 0.717) is 22.1 Å². The number of benzene rings is 2. The second-order valence-electron chi connectivity index (χ2n) is 6.27. The monoisotopic (exact) mass is 410 g/mol. The van der Waals surface area contributed by atoms with Crippen molar-refractivity contribution in [2.24, 2.45) is 0 Å². The third kappa shape index (κ3) is 4.43. The van der Waals surface area contributed by atoms with Gasteiger partial charge in [0.1, 0.15) is 23.7 Å². The lowest BCUT2D eigenvalue weighted by Crippen LogP contribution is -2.20. The predicted molar refractivity (Wildman–Crippen MR) is 109 cm³/mol. The second-order valence-corrected chi connectivity index (χ2v) is 7.21. The molecule has 0 atom stereocenters. The van der Waals surface area contributed by atoms with Crippen LogP contribution < -0.4 is 5.32 Å². The summed E-state index contributed by atoms with van der Waals surface area (Å²) in [5.74, 6) is -0.623. The number of hydrogen-bond donors (Lipinski definition) is 1. The molecule has 0 saturated carbocycles. The van der Waals surface area contributed by atoms with Gasteiger partial charge in [-0.05, 0) is 42.0 Å². The van der Waals surface area contributed by atoms with E-state index in [2.05, 4.69) is 15.3 Å². The Labute approximate surface area is 169 Å². The van der Waals surface area contributed by atoms with Crippen molar-refractivity contribution >= 4 is 34.5 Å². The van der Waals surface area contributed by atoms with Crippen molar-refractivity contribution in [3.63, 3.8) is 0 Å². The van der Waals surface area contributed by atoms with Gasteiger partial charge in [0.05, 0.1) is 5.69 Å². The van der Waals surface area contributed by atoms with Crippen molar-refractivity contribution in [2.45, 2.75) is 17.5 Å². The standard InChI is InChI=1S/C21H16F2N4OS/c22-15-9-7-14(8-10-15)13-29-21-26-18-6-3-11-24-20(18)27(21)12-19(28)25-17-5-2-1-4-16(17)23/h1-11H,12-13H2,(H,25,28). The molecule has 4 aromatic rings. The van der Waals surface area contributed by atoms with E-state index >= 15 is 0 Å². The van der Waals surface area contributed by atoms with Gasteiger partial charge in [-0.2, -0.15) is 0 Å². The van der Waals surface area contributed by atoms with Crippen molar-refractivity contribution in [1.29, 1.82) is 0 Å². The van der Waals surface area contributed by atoms with Crippen LogP contribution in [0.4, 0.5) is 14.5 Å². The number of pyridine rings is 1. The number of halogens is 2. The molecular weight excluding hydrogens is 394 g/mol. The molecule has 5 nitrogen and oxygen atoms in total. The first-order valence-corrected chi connectivity index (χ1v) is 9.81. The third-order valence-electron chi connectivity index (χ3n) is 4.20. The molecule has 0 aliphatic heterocycles. The van der Waals surface area contributed by atoms with Crippen LogP contribution in [0.2, 0.25) is 0 Å². The van der Waals surface area contributed by atoms with E-state index in [4.69, 9.17) is 0 Å². The number of carbonyl (C=O) groups is 1. The highest BCUT2D eigenvalue weighted by Gasteiger charge is 2.16. The Bertz CT molecular complexity index is 1160. The molecule has 2 heterocycles. The van der Waals surface area contributed by atoms with Crippen LogP contribution in [0.3, 0.4) is 0 Å². The van der Waals surface area contributed by atoms with Gasteiger partial charge in [0, 0.05) is 11.9 Å². The Morgan fingerprint density at radius 2 is 1.83 bits per heavy atom. The van der Waals surface area contributed by atoms with Gasteiger partial charge in [-0.1, -0.05) is 36.0 Å². The molecule has 1 N–H and O–H groups in total. The highest BCUT2D eigenvalue weighted by molar-refractivity contribution is 7.98. The summed E-state index contributed by atoms with van der Waals surface area (Å²) >= 11 is 1.42. The maximum absolute atomic E-state index is 13.8. The maximum atomic E-state index is 13.8. The Morgan fingerprint density at radius 1 is 1.03 bits per heavy atom. The average Bonchev–Trinajstić information content (AvgIpc) is 3.07. The lowest BCUT2D eigenvalue weighted by Gasteiger charge is -2.10. The summed E-state index contributed by atoms with van der Waals surface area (Å²) in [6.45, 7) is -0.0619. The largest absolute Gasteiger partial charge is 0.322 e. The number of imidazole rings is 1. The first-order chi connectivity index (χ1) is 14.1. The molecular formula is C21H16F2N4OS. The molecule has 0 bridgehead atoms. The molecule has 2 aromatic heterocycles. The summed E-state index contributed by atoms with van der Waals surface area (Å²) in [6.07, 6.45) is 1.63. The quantitative estimate of drug-likeness (QED) is 0.471. The van der Waals surface area contributed by atoms with Crippen LogP contribution in [0.25, 0.3) is 11.2 Å².